The van der Waals surface area contributed by atoms with E-state index in [-0.39, 0.29) is 12.5 Å². The zero-order chi connectivity index (χ0) is 14.2. The van der Waals surface area contributed by atoms with Gasteiger partial charge in [-0.1, -0.05) is 6.07 Å². The first-order valence-electron chi connectivity index (χ1n) is 7.42. The van der Waals surface area contributed by atoms with Crippen LogP contribution >= 0.6 is 0 Å². The summed E-state index contributed by atoms with van der Waals surface area (Å²) < 4.78 is 5.70. The van der Waals surface area contributed by atoms with Crippen LogP contribution < -0.4 is 10.1 Å². The molecule has 0 bridgehead atoms. The maximum absolute atomic E-state index is 11.3. The van der Waals surface area contributed by atoms with Crippen molar-refractivity contribution in [2.24, 2.45) is 0 Å². The van der Waals surface area contributed by atoms with Crippen molar-refractivity contribution in [1.29, 1.82) is 0 Å². The third kappa shape index (κ3) is 4.53. The van der Waals surface area contributed by atoms with Gasteiger partial charge >= 0.3 is 0 Å². The van der Waals surface area contributed by atoms with Gasteiger partial charge in [0.2, 0.25) is 5.91 Å². The minimum atomic E-state index is -0.0342. The molecule has 110 valence electrons. The monoisotopic (exact) mass is 277 g/mol. The highest BCUT2D eigenvalue weighted by molar-refractivity contribution is 5.75. The number of aryl methyl sites for hydroxylation is 2. The molecule has 0 aromatic heterocycles. The number of carbonyl (C=O) groups excluding carboxylic acids is 1. The number of hydrogen-bond acceptors (Lipinski definition) is 3. The Hall–Kier alpha value is -1.55. The molecule has 2 N–H and O–H groups in total. The zero-order valence-electron chi connectivity index (χ0n) is 11.9. The minimum Gasteiger partial charge on any atom is -0.494 e. The number of aliphatic hydroxyl groups is 1. The largest absolute Gasteiger partial charge is 0.494 e. The van der Waals surface area contributed by atoms with E-state index in [9.17, 15) is 4.79 Å². The molecule has 4 heteroatoms. The second-order valence-electron chi connectivity index (χ2n) is 5.16. The van der Waals surface area contributed by atoms with E-state index in [0.29, 0.717) is 26.0 Å². The molecular formula is C16H23NO3. The molecule has 0 atom stereocenters. The molecule has 0 spiro atoms. The van der Waals surface area contributed by atoms with E-state index in [2.05, 4.69) is 17.4 Å². The third-order valence-corrected chi connectivity index (χ3v) is 3.57. The first-order valence-corrected chi connectivity index (χ1v) is 7.42. The van der Waals surface area contributed by atoms with Gasteiger partial charge < -0.3 is 15.2 Å². The Morgan fingerprint density at radius 2 is 2.05 bits per heavy atom. The average molecular weight is 277 g/mol. The number of carbonyl (C=O) groups is 1. The summed E-state index contributed by atoms with van der Waals surface area (Å²) in [6.07, 6.45) is 6.01. The number of benzene rings is 1. The molecule has 0 unspecified atom stereocenters. The van der Waals surface area contributed by atoms with Crippen LogP contribution in [0.3, 0.4) is 0 Å². The molecular weight excluding hydrogens is 254 g/mol. The lowest BCUT2D eigenvalue weighted by molar-refractivity contribution is -0.121. The standard InChI is InChI=1S/C16H23NO3/c18-10-9-17-16(19)6-3-11-20-15-8-7-13-4-1-2-5-14(13)12-15/h7-8,12,18H,1-6,9-11H2,(H,17,19). The molecule has 20 heavy (non-hydrogen) atoms. The van der Waals surface area contributed by atoms with Crippen molar-refractivity contribution in [3.63, 3.8) is 0 Å². The van der Waals surface area contributed by atoms with Gasteiger partial charge in [-0.05, 0) is 55.4 Å². The Balaban J connectivity index is 1.70. The van der Waals surface area contributed by atoms with Crippen LogP contribution in [-0.2, 0) is 17.6 Å². The van der Waals surface area contributed by atoms with Crippen LogP contribution in [0.4, 0.5) is 0 Å². The molecule has 0 heterocycles. The van der Waals surface area contributed by atoms with Crippen LogP contribution in [0.25, 0.3) is 0 Å². The lowest BCUT2D eigenvalue weighted by atomic mass is 9.92. The summed E-state index contributed by atoms with van der Waals surface area (Å²) in [5.74, 6) is 0.870. The molecule has 1 aromatic carbocycles. The average Bonchev–Trinajstić information content (AvgIpc) is 2.49. The quantitative estimate of drug-likeness (QED) is 0.748. The Morgan fingerprint density at radius 1 is 1.25 bits per heavy atom. The van der Waals surface area contributed by atoms with Crippen molar-refractivity contribution in [2.75, 3.05) is 19.8 Å². The highest BCUT2D eigenvalue weighted by Gasteiger charge is 2.09. The van der Waals surface area contributed by atoms with Crippen molar-refractivity contribution in [1.82, 2.24) is 5.32 Å². The zero-order valence-corrected chi connectivity index (χ0v) is 11.9. The molecule has 1 amide bonds. The van der Waals surface area contributed by atoms with Crippen LogP contribution in [0.1, 0.15) is 36.8 Å². The summed E-state index contributed by atoms with van der Waals surface area (Å²) in [7, 11) is 0. The molecule has 2 rings (SSSR count). The van der Waals surface area contributed by atoms with Gasteiger partial charge in [-0.25, -0.2) is 0 Å². The van der Waals surface area contributed by atoms with E-state index in [4.69, 9.17) is 9.84 Å². The Kier molecular flexibility index (Phi) is 5.87. The Morgan fingerprint density at radius 3 is 2.85 bits per heavy atom. The summed E-state index contributed by atoms with van der Waals surface area (Å²) in [4.78, 5) is 11.3. The molecule has 0 fully saturated rings. The van der Waals surface area contributed by atoms with Crippen molar-refractivity contribution in [3.8, 4) is 5.75 Å². The van der Waals surface area contributed by atoms with Crippen LogP contribution in [0, 0.1) is 0 Å². The molecule has 0 aliphatic heterocycles. The van der Waals surface area contributed by atoms with Crippen molar-refractivity contribution < 1.29 is 14.6 Å². The van der Waals surface area contributed by atoms with Gasteiger partial charge in [-0.15, -0.1) is 0 Å². The molecule has 4 nitrogen and oxygen atoms in total. The molecule has 0 saturated heterocycles. The van der Waals surface area contributed by atoms with E-state index in [1.54, 1.807) is 0 Å². The predicted molar refractivity (Wildman–Crippen MR) is 77.9 cm³/mol. The SMILES string of the molecule is O=C(CCCOc1ccc2c(c1)CCCC2)NCCO. The fraction of sp³-hybridized carbons (Fsp3) is 0.562. The first-order chi connectivity index (χ1) is 9.79. The van der Waals surface area contributed by atoms with Crippen molar-refractivity contribution in [3.05, 3.63) is 29.3 Å². The van der Waals surface area contributed by atoms with E-state index in [1.165, 1.54) is 30.4 Å². The number of fused-ring (bicyclic) bond motifs is 1. The van der Waals surface area contributed by atoms with Gasteiger partial charge in [0.25, 0.3) is 0 Å². The van der Waals surface area contributed by atoms with Gasteiger partial charge in [0.05, 0.1) is 13.2 Å². The predicted octanol–water partition coefficient (Wildman–Crippen LogP) is 1.83. The lowest BCUT2D eigenvalue weighted by Crippen LogP contribution is -2.26. The highest BCUT2D eigenvalue weighted by atomic mass is 16.5. The van der Waals surface area contributed by atoms with Gasteiger partial charge in [-0.3, -0.25) is 4.79 Å². The number of rotatable bonds is 7. The van der Waals surface area contributed by atoms with Crippen LogP contribution in [0.15, 0.2) is 18.2 Å². The summed E-state index contributed by atoms with van der Waals surface area (Å²) in [6, 6.07) is 6.33. The van der Waals surface area contributed by atoms with Crippen LogP contribution in [-0.4, -0.2) is 30.8 Å². The van der Waals surface area contributed by atoms with Crippen molar-refractivity contribution >= 4 is 5.91 Å². The smallest absolute Gasteiger partial charge is 0.220 e. The van der Waals surface area contributed by atoms with E-state index >= 15 is 0 Å². The number of hydrogen-bond donors (Lipinski definition) is 2. The molecule has 1 aromatic rings. The summed E-state index contributed by atoms with van der Waals surface area (Å²) in [5, 5.41) is 11.2. The fourth-order valence-corrected chi connectivity index (χ4v) is 2.51. The summed E-state index contributed by atoms with van der Waals surface area (Å²) >= 11 is 0. The van der Waals surface area contributed by atoms with Gasteiger partial charge in [-0.2, -0.15) is 0 Å². The van der Waals surface area contributed by atoms with E-state index in [1.807, 2.05) is 6.07 Å². The van der Waals surface area contributed by atoms with Crippen LogP contribution in [0.5, 0.6) is 5.75 Å². The Labute approximate surface area is 120 Å². The third-order valence-electron chi connectivity index (χ3n) is 3.57. The second kappa shape index (κ2) is 7.90. The molecule has 0 saturated carbocycles. The molecule has 1 aliphatic carbocycles. The Bertz CT molecular complexity index is 445. The van der Waals surface area contributed by atoms with Gasteiger partial charge in [0, 0.05) is 13.0 Å². The van der Waals surface area contributed by atoms with E-state index in [0.717, 1.165) is 12.2 Å². The highest BCUT2D eigenvalue weighted by Crippen LogP contribution is 2.25. The summed E-state index contributed by atoms with van der Waals surface area (Å²) in [5.41, 5.74) is 2.86. The molecule has 1 aliphatic rings. The number of amides is 1. The number of nitrogens with one attached hydrogen (secondary N) is 1. The van der Waals surface area contributed by atoms with Crippen LogP contribution in [0.2, 0.25) is 0 Å². The minimum absolute atomic E-state index is 0.0165. The number of ether oxygens (including phenoxy) is 1. The topological polar surface area (TPSA) is 58.6 Å². The first kappa shape index (κ1) is 14.9. The summed E-state index contributed by atoms with van der Waals surface area (Å²) in [6.45, 7) is 0.854. The van der Waals surface area contributed by atoms with Gasteiger partial charge in [0.15, 0.2) is 0 Å². The van der Waals surface area contributed by atoms with Gasteiger partial charge in [0.1, 0.15) is 5.75 Å². The lowest BCUT2D eigenvalue weighted by Gasteiger charge is -2.16. The van der Waals surface area contributed by atoms with Crippen molar-refractivity contribution in [2.45, 2.75) is 38.5 Å². The number of aliphatic hydroxyl groups excluding tert-OH is 1. The second-order valence-corrected chi connectivity index (χ2v) is 5.16. The maximum Gasteiger partial charge on any atom is 0.220 e. The fourth-order valence-electron chi connectivity index (χ4n) is 2.51. The molecule has 0 radical (unpaired) electrons. The maximum atomic E-state index is 11.3. The van der Waals surface area contributed by atoms with E-state index < -0.39 is 0 Å². The normalized spacial score (nSPS) is 13.7.